The largest absolute Gasteiger partial charge is 0.399 e. The van der Waals surface area contributed by atoms with Crippen molar-refractivity contribution < 1.29 is 9.53 Å². The molecule has 0 radical (unpaired) electrons. The van der Waals surface area contributed by atoms with Crippen molar-refractivity contribution in [1.82, 2.24) is 15.3 Å². The van der Waals surface area contributed by atoms with Gasteiger partial charge in [0.15, 0.2) is 0 Å². The first kappa shape index (κ1) is 19.0. The second-order valence-corrected chi connectivity index (χ2v) is 7.31. The van der Waals surface area contributed by atoms with E-state index in [2.05, 4.69) is 16.4 Å². The minimum absolute atomic E-state index is 0.0391. The van der Waals surface area contributed by atoms with Crippen molar-refractivity contribution in [2.24, 2.45) is 10.7 Å². The number of amides is 1. The van der Waals surface area contributed by atoms with Crippen LogP contribution in [0.3, 0.4) is 0 Å². The Balaban J connectivity index is 1.46. The highest BCUT2D eigenvalue weighted by atomic mass is 16.5. The summed E-state index contributed by atoms with van der Waals surface area (Å²) >= 11 is 0. The second kappa shape index (κ2) is 7.58. The molecule has 9 nitrogen and oxygen atoms in total. The van der Waals surface area contributed by atoms with E-state index in [1.165, 1.54) is 0 Å². The van der Waals surface area contributed by atoms with Crippen LogP contribution >= 0.6 is 0 Å². The zero-order valence-electron chi connectivity index (χ0n) is 16.2. The molecule has 29 heavy (non-hydrogen) atoms. The Morgan fingerprint density at radius 3 is 3.03 bits per heavy atom. The van der Waals surface area contributed by atoms with Gasteiger partial charge in [-0.05, 0) is 37.1 Å². The number of nitrogen functional groups attached to an aromatic ring is 1. The predicted molar refractivity (Wildman–Crippen MR) is 108 cm³/mol. The van der Waals surface area contributed by atoms with Crippen LogP contribution in [0, 0.1) is 11.3 Å². The Kier molecular flexibility index (Phi) is 4.96. The molecule has 9 heteroatoms. The van der Waals surface area contributed by atoms with Gasteiger partial charge in [-0.1, -0.05) is 0 Å². The number of fused-ring (bicyclic) bond motifs is 3. The number of carbonyl (C=O) groups excluding carboxylic acids is 1. The van der Waals surface area contributed by atoms with Crippen molar-refractivity contribution in [3.63, 3.8) is 0 Å². The van der Waals surface area contributed by atoms with Gasteiger partial charge in [0.05, 0.1) is 43.0 Å². The number of nitrogens with zero attached hydrogens (tertiary/aromatic N) is 4. The molecule has 0 spiro atoms. The summed E-state index contributed by atoms with van der Waals surface area (Å²) in [6, 6.07) is 7.25. The summed E-state index contributed by atoms with van der Waals surface area (Å²) in [5, 5.41) is 16.3. The Bertz CT molecular complexity index is 989. The molecule has 1 atom stereocenters. The fourth-order valence-corrected chi connectivity index (χ4v) is 3.78. The zero-order chi connectivity index (χ0) is 20.5. The van der Waals surface area contributed by atoms with E-state index in [4.69, 9.17) is 21.5 Å². The lowest BCUT2D eigenvalue weighted by atomic mass is 10.1. The maximum absolute atomic E-state index is 11.9. The highest BCUT2D eigenvalue weighted by Gasteiger charge is 2.41. The SMILES string of the molecule is CC(COCc1cc(N)cc(C#N)c1)N1CC(C(N)=O)=C2NC=C3CCN=C3N21. The molecule has 0 aliphatic carbocycles. The van der Waals surface area contributed by atoms with E-state index in [9.17, 15) is 4.79 Å². The van der Waals surface area contributed by atoms with Gasteiger partial charge in [-0.25, -0.2) is 10.0 Å². The highest BCUT2D eigenvalue weighted by Crippen LogP contribution is 2.32. The van der Waals surface area contributed by atoms with E-state index < -0.39 is 5.91 Å². The first-order valence-electron chi connectivity index (χ1n) is 9.45. The average molecular weight is 393 g/mol. The number of hydrogen-bond donors (Lipinski definition) is 3. The van der Waals surface area contributed by atoms with Gasteiger partial charge in [0.1, 0.15) is 11.7 Å². The van der Waals surface area contributed by atoms with Crippen molar-refractivity contribution >= 4 is 17.4 Å². The van der Waals surface area contributed by atoms with E-state index in [0.29, 0.717) is 42.4 Å². The third kappa shape index (κ3) is 3.55. The number of hydrogen-bond acceptors (Lipinski definition) is 8. The van der Waals surface area contributed by atoms with Gasteiger partial charge in [-0.15, -0.1) is 0 Å². The van der Waals surface area contributed by atoms with Crippen molar-refractivity contribution in [1.29, 1.82) is 5.26 Å². The standard InChI is InChI=1S/C20H23N7O2/c1-12(10-29-11-14-4-13(7-21)5-16(22)6-14)26-9-17(18(23)28)20-25-8-15-2-3-24-19(15)27(20)26/h4-6,8,12,25H,2-3,9-11,22H2,1H3,(H2,23,28). The summed E-state index contributed by atoms with van der Waals surface area (Å²) in [5.74, 6) is 1.08. The van der Waals surface area contributed by atoms with Crippen LogP contribution in [0.1, 0.15) is 24.5 Å². The summed E-state index contributed by atoms with van der Waals surface area (Å²) in [7, 11) is 0. The smallest absolute Gasteiger partial charge is 0.249 e. The molecule has 1 unspecified atom stereocenters. The van der Waals surface area contributed by atoms with Gasteiger partial charge >= 0.3 is 0 Å². The number of anilines is 1. The van der Waals surface area contributed by atoms with Gasteiger partial charge < -0.3 is 21.5 Å². The highest BCUT2D eigenvalue weighted by molar-refractivity contribution is 6.04. The fraction of sp³-hybridized carbons (Fsp3) is 0.350. The third-order valence-electron chi connectivity index (χ3n) is 5.17. The van der Waals surface area contributed by atoms with Gasteiger partial charge in [0, 0.05) is 24.0 Å². The number of ether oxygens (including phenoxy) is 1. The second-order valence-electron chi connectivity index (χ2n) is 7.31. The fourth-order valence-electron chi connectivity index (χ4n) is 3.78. The van der Waals surface area contributed by atoms with E-state index in [0.717, 1.165) is 29.9 Å². The lowest BCUT2D eigenvalue weighted by molar-refractivity contribution is -0.114. The summed E-state index contributed by atoms with van der Waals surface area (Å²) < 4.78 is 5.89. The summed E-state index contributed by atoms with van der Waals surface area (Å²) in [6.07, 6.45) is 2.77. The Hall–Kier alpha value is -3.35. The van der Waals surface area contributed by atoms with Crippen molar-refractivity contribution in [3.05, 3.63) is 52.5 Å². The number of nitriles is 1. The topological polar surface area (TPSA) is 133 Å². The van der Waals surface area contributed by atoms with Crippen molar-refractivity contribution in [3.8, 4) is 6.07 Å². The molecule has 150 valence electrons. The van der Waals surface area contributed by atoms with Crippen molar-refractivity contribution in [2.75, 3.05) is 25.4 Å². The molecule has 1 aromatic carbocycles. The lowest BCUT2D eigenvalue weighted by Gasteiger charge is -2.38. The molecule has 1 aromatic rings. The molecular formula is C20H23N7O2. The number of benzene rings is 1. The molecular weight excluding hydrogens is 370 g/mol. The van der Waals surface area contributed by atoms with E-state index in [1.807, 2.05) is 23.1 Å². The molecule has 0 saturated heterocycles. The molecule has 0 fully saturated rings. The van der Waals surface area contributed by atoms with Crippen molar-refractivity contribution in [2.45, 2.75) is 26.0 Å². The molecule has 3 heterocycles. The number of hydrazine groups is 1. The number of carbonyl (C=O) groups is 1. The number of nitrogens with one attached hydrogen (secondary N) is 1. The number of aliphatic imine (C=N–C) groups is 1. The molecule has 0 aromatic heterocycles. The van der Waals surface area contributed by atoms with Gasteiger partial charge in [-0.3, -0.25) is 9.79 Å². The van der Waals surface area contributed by atoms with E-state index in [1.54, 1.807) is 18.2 Å². The minimum Gasteiger partial charge on any atom is -0.399 e. The summed E-state index contributed by atoms with van der Waals surface area (Å²) in [6.45, 7) is 3.90. The summed E-state index contributed by atoms with van der Waals surface area (Å²) in [4.78, 5) is 16.6. The van der Waals surface area contributed by atoms with Crippen LogP contribution < -0.4 is 16.8 Å². The maximum atomic E-state index is 11.9. The number of nitrogens with two attached hydrogens (primary N) is 2. The third-order valence-corrected chi connectivity index (χ3v) is 5.17. The number of rotatable bonds is 6. The predicted octanol–water partition coefficient (Wildman–Crippen LogP) is 0.564. The zero-order valence-corrected chi connectivity index (χ0v) is 16.2. The molecule has 3 aliphatic rings. The summed E-state index contributed by atoms with van der Waals surface area (Å²) in [5.41, 5.74) is 15.0. The quantitative estimate of drug-likeness (QED) is 0.602. The van der Waals surface area contributed by atoms with Crippen LogP contribution in [-0.4, -0.2) is 47.5 Å². The lowest BCUT2D eigenvalue weighted by Crippen LogP contribution is -2.51. The van der Waals surface area contributed by atoms with Crippen LogP contribution in [0.5, 0.6) is 0 Å². The van der Waals surface area contributed by atoms with Crippen LogP contribution in [0.2, 0.25) is 0 Å². The number of amidine groups is 1. The van der Waals surface area contributed by atoms with E-state index in [-0.39, 0.29) is 6.04 Å². The minimum atomic E-state index is -0.452. The number of primary amides is 1. The molecule has 1 amide bonds. The van der Waals surface area contributed by atoms with Crippen LogP contribution in [-0.2, 0) is 16.1 Å². The van der Waals surface area contributed by atoms with Crippen LogP contribution in [0.15, 0.2) is 46.4 Å². The Morgan fingerprint density at radius 1 is 1.45 bits per heavy atom. The molecule has 0 bridgehead atoms. The Morgan fingerprint density at radius 2 is 2.28 bits per heavy atom. The van der Waals surface area contributed by atoms with Gasteiger partial charge in [-0.2, -0.15) is 5.26 Å². The molecule has 5 N–H and O–H groups in total. The molecule has 3 aliphatic heterocycles. The Labute approximate surface area is 168 Å². The average Bonchev–Trinajstić information content (AvgIpc) is 3.31. The van der Waals surface area contributed by atoms with Crippen LogP contribution in [0.4, 0.5) is 5.69 Å². The first-order valence-corrected chi connectivity index (χ1v) is 9.45. The normalized spacial score (nSPS) is 19.1. The molecule has 4 rings (SSSR count). The maximum Gasteiger partial charge on any atom is 0.249 e. The first-order chi connectivity index (χ1) is 14.0. The van der Waals surface area contributed by atoms with Gasteiger partial charge in [0.2, 0.25) is 5.91 Å². The van der Waals surface area contributed by atoms with Crippen LogP contribution in [0.25, 0.3) is 0 Å². The van der Waals surface area contributed by atoms with Gasteiger partial charge in [0.25, 0.3) is 0 Å². The van der Waals surface area contributed by atoms with E-state index >= 15 is 0 Å². The monoisotopic (exact) mass is 393 g/mol. The molecule has 0 saturated carbocycles.